The third-order valence-electron chi connectivity index (χ3n) is 5.04. The Morgan fingerprint density at radius 1 is 1.31 bits per heavy atom. The van der Waals surface area contributed by atoms with Crippen molar-refractivity contribution in [1.29, 1.82) is 0 Å². The zero-order valence-electron chi connectivity index (χ0n) is 15.8. The molecule has 26 heavy (non-hydrogen) atoms. The third kappa shape index (κ3) is 4.23. The van der Waals surface area contributed by atoms with Crippen LogP contribution in [0.25, 0.3) is 11.0 Å². The van der Waals surface area contributed by atoms with E-state index < -0.39 is 0 Å². The van der Waals surface area contributed by atoms with Crippen LogP contribution < -0.4 is 5.32 Å². The normalized spacial score (nSPS) is 14.8. The molecule has 0 bridgehead atoms. The molecular weight excluding hydrogens is 328 g/mol. The molecule has 0 spiro atoms. The second-order valence-electron chi connectivity index (χ2n) is 7.03. The molecule has 0 aliphatic carbocycles. The SMILES string of the molecule is CCCCC(=O)Nc1ccc2c(c1)nc(CCN1CCCCC1=O)n2C. The Balaban J connectivity index is 1.68. The number of hydrogen-bond acceptors (Lipinski definition) is 3. The molecule has 6 heteroatoms. The van der Waals surface area contributed by atoms with Gasteiger partial charge >= 0.3 is 0 Å². The van der Waals surface area contributed by atoms with E-state index in [0.29, 0.717) is 12.8 Å². The second-order valence-corrected chi connectivity index (χ2v) is 7.03. The maximum absolute atomic E-state index is 12.0. The van der Waals surface area contributed by atoms with Crippen LogP contribution in [0.3, 0.4) is 0 Å². The lowest BCUT2D eigenvalue weighted by atomic mass is 10.1. The van der Waals surface area contributed by atoms with E-state index in [0.717, 1.165) is 67.7 Å². The number of piperidine rings is 1. The number of unbranched alkanes of at least 4 members (excludes halogenated alkanes) is 1. The molecule has 1 saturated heterocycles. The van der Waals surface area contributed by atoms with E-state index in [1.165, 1.54) is 0 Å². The summed E-state index contributed by atoms with van der Waals surface area (Å²) in [6.45, 7) is 3.65. The van der Waals surface area contributed by atoms with Crippen molar-refractivity contribution in [2.45, 2.75) is 51.9 Å². The molecule has 1 aromatic carbocycles. The highest BCUT2D eigenvalue weighted by Gasteiger charge is 2.18. The van der Waals surface area contributed by atoms with Crippen LogP contribution >= 0.6 is 0 Å². The lowest BCUT2D eigenvalue weighted by molar-refractivity contribution is -0.133. The molecule has 0 atom stereocenters. The Bertz CT molecular complexity index is 796. The highest BCUT2D eigenvalue weighted by Crippen LogP contribution is 2.21. The van der Waals surface area contributed by atoms with Crippen LogP contribution in [-0.4, -0.2) is 39.4 Å². The molecule has 0 radical (unpaired) electrons. The first-order valence-electron chi connectivity index (χ1n) is 9.61. The second kappa shape index (κ2) is 8.34. The Hall–Kier alpha value is -2.37. The van der Waals surface area contributed by atoms with Gasteiger partial charge in [-0.05, 0) is 37.5 Å². The van der Waals surface area contributed by atoms with Crippen LogP contribution in [0, 0.1) is 0 Å². The van der Waals surface area contributed by atoms with E-state index in [2.05, 4.69) is 16.8 Å². The van der Waals surface area contributed by atoms with Crippen molar-refractivity contribution in [3.05, 3.63) is 24.0 Å². The molecule has 1 fully saturated rings. The van der Waals surface area contributed by atoms with Gasteiger partial charge in [-0.15, -0.1) is 0 Å². The number of carbonyl (C=O) groups is 2. The number of likely N-dealkylation sites (tertiary alicyclic amines) is 1. The summed E-state index contributed by atoms with van der Waals surface area (Å²) in [5, 5.41) is 2.95. The number of aromatic nitrogens is 2. The van der Waals surface area contributed by atoms with Gasteiger partial charge in [0.2, 0.25) is 11.8 Å². The van der Waals surface area contributed by atoms with Crippen LogP contribution in [0.5, 0.6) is 0 Å². The number of rotatable bonds is 7. The summed E-state index contributed by atoms with van der Waals surface area (Å²) >= 11 is 0. The van der Waals surface area contributed by atoms with Gasteiger partial charge in [0.25, 0.3) is 0 Å². The van der Waals surface area contributed by atoms with Crippen molar-refractivity contribution in [3.8, 4) is 0 Å². The van der Waals surface area contributed by atoms with E-state index in [9.17, 15) is 9.59 Å². The van der Waals surface area contributed by atoms with E-state index >= 15 is 0 Å². The van der Waals surface area contributed by atoms with E-state index in [1.807, 2.05) is 30.1 Å². The monoisotopic (exact) mass is 356 g/mol. The van der Waals surface area contributed by atoms with Crippen molar-refractivity contribution >= 4 is 28.5 Å². The smallest absolute Gasteiger partial charge is 0.224 e. The fourth-order valence-corrected chi connectivity index (χ4v) is 3.45. The summed E-state index contributed by atoms with van der Waals surface area (Å²) in [7, 11) is 2.00. The topological polar surface area (TPSA) is 67.2 Å². The maximum atomic E-state index is 12.0. The maximum Gasteiger partial charge on any atom is 0.224 e. The fourth-order valence-electron chi connectivity index (χ4n) is 3.45. The number of nitrogens with one attached hydrogen (secondary N) is 1. The van der Waals surface area contributed by atoms with Gasteiger partial charge in [0, 0.05) is 45.1 Å². The zero-order chi connectivity index (χ0) is 18.5. The quantitative estimate of drug-likeness (QED) is 0.828. The summed E-state index contributed by atoms with van der Waals surface area (Å²) in [4.78, 5) is 30.5. The summed E-state index contributed by atoms with van der Waals surface area (Å²) in [6, 6.07) is 5.84. The van der Waals surface area contributed by atoms with Crippen molar-refractivity contribution in [2.75, 3.05) is 18.4 Å². The first-order valence-corrected chi connectivity index (χ1v) is 9.61. The van der Waals surface area contributed by atoms with Gasteiger partial charge in [-0.25, -0.2) is 4.98 Å². The van der Waals surface area contributed by atoms with Gasteiger partial charge in [0.15, 0.2) is 0 Å². The van der Waals surface area contributed by atoms with Gasteiger partial charge in [-0.2, -0.15) is 0 Å². The lowest BCUT2D eigenvalue weighted by Gasteiger charge is -2.26. The summed E-state index contributed by atoms with van der Waals surface area (Å²) in [5.74, 6) is 1.27. The third-order valence-corrected chi connectivity index (χ3v) is 5.04. The molecule has 2 amide bonds. The number of amides is 2. The molecule has 1 aliphatic heterocycles. The first kappa shape index (κ1) is 18.4. The van der Waals surface area contributed by atoms with Crippen molar-refractivity contribution < 1.29 is 9.59 Å². The average Bonchev–Trinajstić information content (AvgIpc) is 2.94. The lowest BCUT2D eigenvalue weighted by Crippen LogP contribution is -2.36. The van der Waals surface area contributed by atoms with Gasteiger partial charge < -0.3 is 14.8 Å². The number of carbonyl (C=O) groups excluding carboxylic acids is 2. The molecule has 1 N–H and O–H groups in total. The van der Waals surface area contributed by atoms with Gasteiger partial charge in [-0.3, -0.25) is 9.59 Å². The van der Waals surface area contributed by atoms with E-state index in [1.54, 1.807) is 0 Å². The predicted octanol–water partition coefficient (Wildman–Crippen LogP) is 3.26. The number of hydrogen-bond donors (Lipinski definition) is 1. The Morgan fingerprint density at radius 2 is 2.15 bits per heavy atom. The minimum Gasteiger partial charge on any atom is -0.342 e. The Labute approximate surface area is 154 Å². The summed E-state index contributed by atoms with van der Waals surface area (Å²) in [6.07, 6.45) is 5.97. The molecule has 3 rings (SSSR count). The summed E-state index contributed by atoms with van der Waals surface area (Å²) < 4.78 is 2.08. The molecule has 1 aliphatic rings. The molecular formula is C20H28N4O2. The minimum atomic E-state index is 0.0472. The zero-order valence-corrected chi connectivity index (χ0v) is 15.8. The molecule has 140 valence electrons. The molecule has 2 heterocycles. The van der Waals surface area contributed by atoms with Crippen LogP contribution in [-0.2, 0) is 23.1 Å². The fraction of sp³-hybridized carbons (Fsp3) is 0.550. The standard InChI is InChI=1S/C20H28N4O2/c1-3-4-7-19(25)21-15-9-10-17-16(14-15)22-18(23(17)2)11-13-24-12-6-5-8-20(24)26/h9-10,14H,3-8,11-13H2,1-2H3,(H,21,25). The number of benzene rings is 1. The number of imidazole rings is 1. The molecule has 6 nitrogen and oxygen atoms in total. The Morgan fingerprint density at radius 3 is 2.92 bits per heavy atom. The largest absolute Gasteiger partial charge is 0.342 e. The van der Waals surface area contributed by atoms with Crippen LogP contribution in [0.15, 0.2) is 18.2 Å². The number of nitrogens with zero attached hydrogens (tertiary/aromatic N) is 3. The highest BCUT2D eigenvalue weighted by atomic mass is 16.2. The molecule has 0 saturated carbocycles. The van der Waals surface area contributed by atoms with Gasteiger partial charge in [-0.1, -0.05) is 13.3 Å². The Kier molecular flexibility index (Phi) is 5.91. The van der Waals surface area contributed by atoms with Crippen LogP contribution in [0.1, 0.15) is 51.3 Å². The first-order chi connectivity index (χ1) is 12.6. The van der Waals surface area contributed by atoms with Crippen LogP contribution in [0.4, 0.5) is 5.69 Å². The van der Waals surface area contributed by atoms with Gasteiger partial charge in [0.05, 0.1) is 11.0 Å². The molecule has 1 aromatic heterocycles. The van der Waals surface area contributed by atoms with Crippen molar-refractivity contribution in [1.82, 2.24) is 14.5 Å². The average molecular weight is 356 g/mol. The number of fused-ring (bicyclic) bond motifs is 1. The minimum absolute atomic E-state index is 0.0472. The van der Waals surface area contributed by atoms with E-state index in [-0.39, 0.29) is 11.8 Å². The van der Waals surface area contributed by atoms with E-state index in [4.69, 9.17) is 4.98 Å². The number of anilines is 1. The number of aryl methyl sites for hydroxylation is 1. The predicted molar refractivity (Wildman–Crippen MR) is 103 cm³/mol. The molecule has 2 aromatic rings. The van der Waals surface area contributed by atoms with Crippen molar-refractivity contribution in [3.63, 3.8) is 0 Å². The molecule has 0 unspecified atom stereocenters. The van der Waals surface area contributed by atoms with Crippen LogP contribution in [0.2, 0.25) is 0 Å². The summed E-state index contributed by atoms with van der Waals surface area (Å²) in [5.41, 5.74) is 2.70. The highest BCUT2D eigenvalue weighted by molar-refractivity contribution is 5.93. The van der Waals surface area contributed by atoms with Gasteiger partial charge in [0.1, 0.15) is 5.82 Å². The van der Waals surface area contributed by atoms with Crippen molar-refractivity contribution in [2.24, 2.45) is 7.05 Å².